The molecule has 3 fully saturated rings. The van der Waals surface area contributed by atoms with E-state index in [-0.39, 0.29) is 5.60 Å². The molecule has 3 aliphatic heterocycles. The zero-order valence-electron chi connectivity index (χ0n) is 15.5. The standard InChI is InChI=1S/C21H33N3O/c1-2-4-19(5-3-1)6-12-23-13-15-24(16-14-23)20-7-17-25-21(18-20)8-10-22-11-9-21/h1-5,20,22H,6-18H2. The lowest BCUT2D eigenvalue weighted by Gasteiger charge is -2.48. The van der Waals surface area contributed by atoms with Crippen molar-refractivity contribution < 1.29 is 4.74 Å². The average molecular weight is 344 g/mol. The highest BCUT2D eigenvalue weighted by Gasteiger charge is 2.40. The zero-order chi connectivity index (χ0) is 17.0. The normalized spacial score (nSPS) is 28.2. The van der Waals surface area contributed by atoms with E-state index >= 15 is 0 Å². The first-order valence-electron chi connectivity index (χ1n) is 10.2. The van der Waals surface area contributed by atoms with Crippen molar-refractivity contribution in [2.45, 2.75) is 43.7 Å². The number of rotatable bonds is 4. The molecule has 1 unspecified atom stereocenters. The van der Waals surface area contributed by atoms with Gasteiger partial charge in [-0.3, -0.25) is 4.90 Å². The molecule has 1 aromatic carbocycles. The summed E-state index contributed by atoms with van der Waals surface area (Å²) in [5, 5.41) is 3.48. The summed E-state index contributed by atoms with van der Waals surface area (Å²) in [5.74, 6) is 0. The van der Waals surface area contributed by atoms with Crippen LogP contribution in [0.1, 0.15) is 31.2 Å². The molecule has 0 amide bonds. The fourth-order valence-corrected chi connectivity index (χ4v) is 4.83. The van der Waals surface area contributed by atoms with Crippen LogP contribution in [0.25, 0.3) is 0 Å². The van der Waals surface area contributed by atoms with E-state index in [0.717, 1.165) is 25.7 Å². The first-order valence-corrected chi connectivity index (χ1v) is 10.2. The lowest BCUT2D eigenvalue weighted by atomic mass is 9.82. The lowest BCUT2D eigenvalue weighted by molar-refractivity contribution is -0.123. The van der Waals surface area contributed by atoms with E-state index in [1.165, 1.54) is 70.4 Å². The summed E-state index contributed by atoms with van der Waals surface area (Å²) in [4.78, 5) is 5.40. The minimum atomic E-state index is 0.179. The molecule has 0 aliphatic carbocycles. The van der Waals surface area contributed by atoms with Gasteiger partial charge in [0.05, 0.1) is 5.60 Å². The Labute approximate surface area is 152 Å². The van der Waals surface area contributed by atoms with Crippen LogP contribution in [0.5, 0.6) is 0 Å². The van der Waals surface area contributed by atoms with Crippen molar-refractivity contribution >= 4 is 0 Å². The van der Waals surface area contributed by atoms with Gasteiger partial charge in [-0.15, -0.1) is 0 Å². The van der Waals surface area contributed by atoms with E-state index in [4.69, 9.17) is 4.74 Å². The van der Waals surface area contributed by atoms with Crippen LogP contribution >= 0.6 is 0 Å². The highest BCUT2D eigenvalue weighted by atomic mass is 16.5. The number of piperidine rings is 1. The van der Waals surface area contributed by atoms with E-state index in [1.54, 1.807) is 0 Å². The average Bonchev–Trinajstić information content (AvgIpc) is 2.68. The molecular weight excluding hydrogens is 310 g/mol. The number of ether oxygens (including phenoxy) is 1. The van der Waals surface area contributed by atoms with Crippen molar-refractivity contribution in [2.75, 3.05) is 52.4 Å². The first kappa shape index (κ1) is 17.5. The van der Waals surface area contributed by atoms with Crippen molar-refractivity contribution in [1.29, 1.82) is 0 Å². The maximum absolute atomic E-state index is 6.26. The van der Waals surface area contributed by atoms with Crippen molar-refractivity contribution in [1.82, 2.24) is 15.1 Å². The number of hydrogen-bond donors (Lipinski definition) is 1. The van der Waals surface area contributed by atoms with Crippen LogP contribution in [-0.4, -0.2) is 73.9 Å². The van der Waals surface area contributed by atoms with E-state index in [1.807, 2.05) is 0 Å². The molecular formula is C21H33N3O. The summed E-state index contributed by atoms with van der Waals surface area (Å²) < 4.78 is 6.26. The maximum atomic E-state index is 6.26. The van der Waals surface area contributed by atoms with Gasteiger partial charge in [0, 0.05) is 45.4 Å². The zero-order valence-corrected chi connectivity index (χ0v) is 15.5. The molecule has 0 aromatic heterocycles. The van der Waals surface area contributed by atoms with Gasteiger partial charge >= 0.3 is 0 Å². The van der Waals surface area contributed by atoms with Crippen LogP contribution in [0.2, 0.25) is 0 Å². The maximum Gasteiger partial charge on any atom is 0.0721 e. The summed E-state index contributed by atoms with van der Waals surface area (Å²) in [6, 6.07) is 11.6. The first-order chi connectivity index (χ1) is 12.3. The number of benzene rings is 1. The largest absolute Gasteiger partial charge is 0.375 e. The number of nitrogens with zero attached hydrogens (tertiary/aromatic N) is 2. The van der Waals surface area contributed by atoms with Crippen LogP contribution in [0, 0.1) is 0 Å². The van der Waals surface area contributed by atoms with Crippen LogP contribution in [-0.2, 0) is 11.2 Å². The minimum absolute atomic E-state index is 0.179. The topological polar surface area (TPSA) is 27.7 Å². The Balaban J connectivity index is 1.24. The molecule has 3 saturated heterocycles. The molecule has 138 valence electrons. The highest BCUT2D eigenvalue weighted by Crippen LogP contribution is 2.35. The van der Waals surface area contributed by atoms with Crippen molar-refractivity contribution in [3.8, 4) is 0 Å². The summed E-state index contributed by atoms with van der Waals surface area (Å²) in [6.45, 7) is 9.30. The molecule has 3 aliphatic rings. The highest BCUT2D eigenvalue weighted by molar-refractivity contribution is 5.14. The summed E-state index contributed by atoms with van der Waals surface area (Å²) in [7, 11) is 0. The van der Waals surface area contributed by atoms with Gasteiger partial charge in [-0.2, -0.15) is 0 Å². The van der Waals surface area contributed by atoms with E-state index in [0.29, 0.717) is 0 Å². The Kier molecular flexibility index (Phi) is 5.71. The molecule has 0 bridgehead atoms. The van der Waals surface area contributed by atoms with Crippen LogP contribution in [0.3, 0.4) is 0 Å². The second-order valence-electron chi connectivity index (χ2n) is 8.04. The molecule has 1 N–H and O–H groups in total. The van der Waals surface area contributed by atoms with Crippen LogP contribution < -0.4 is 5.32 Å². The Bertz CT molecular complexity index is 516. The van der Waals surface area contributed by atoms with Crippen molar-refractivity contribution in [3.05, 3.63) is 35.9 Å². The number of nitrogens with one attached hydrogen (secondary N) is 1. The van der Waals surface area contributed by atoms with E-state index in [2.05, 4.69) is 45.4 Å². The number of piperazine rings is 1. The second kappa shape index (κ2) is 8.17. The third-order valence-electron chi connectivity index (χ3n) is 6.46. The van der Waals surface area contributed by atoms with Gasteiger partial charge in [0.25, 0.3) is 0 Å². The van der Waals surface area contributed by atoms with Gasteiger partial charge in [-0.25, -0.2) is 0 Å². The third kappa shape index (κ3) is 4.43. The molecule has 25 heavy (non-hydrogen) atoms. The molecule has 4 heteroatoms. The molecule has 1 atom stereocenters. The summed E-state index contributed by atoms with van der Waals surface area (Å²) >= 11 is 0. The predicted molar refractivity (Wildman–Crippen MR) is 102 cm³/mol. The van der Waals surface area contributed by atoms with Gasteiger partial charge in [0.1, 0.15) is 0 Å². The minimum Gasteiger partial charge on any atom is -0.375 e. The Hall–Kier alpha value is -0.940. The van der Waals surface area contributed by atoms with E-state index < -0.39 is 0 Å². The Morgan fingerprint density at radius 2 is 1.80 bits per heavy atom. The van der Waals surface area contributed by atoms with Gasteiger partial charge in [0.2, 0.25) is 0 Å². The lowest BCUT2D eigenvalue weighted by Crippen LogP contribution is -2.56. The fraction of sp³-hybridized carbons (Fsp3) is 0.714. The second-order valence-corrected chi connectivity index (χ2v) is 8.04. The molecule has 1 aromatic rings. The smallest absolute Gasteiger partial charge is 0.0721 e. The Morgan fingerprint density at radius 1 is 1.04 bits per heavy atom. The SMILES string of the molecule is c1ccc(CCN2CCN(C3CCOC4(CCNCC4)C3)CC2)cc1. The summed E-state index contributed by atoms with van der Waals surface area (Å²) in [5.41, 5.74) is 1.64. The molecule has 1 spiro atoms. The van der Waals surface area contributed by atoms with Crippen molar-refractivity contribution in [3.63, 3.8) is 0 Å². The quantitative estimate of drug-likeness (QED) is 0.907. The van der Waals surface area contributed by atoms with Gasteiger partial charge < -0.3 is 15.0 Å². The molecule has 0 saturated carbocycles. The monoisotopic (exact) mass is 343 g/mol. The fourth-order valence-electron chi connectivity index (χ4n) is 4.83. The summed E-state index contributed by atoms with van der Waals surface area (Å²) in [6.07, 6.45) is 6.03. The van der Waals surface area contributed by atoms with Gasteiger partial charge in [-0.05, 0) is 50.8 Å². The third-order valence-corrected chi connectivity index (χ3v) is 6.46. The van der Waals surface area contributed by atoms with Crippen LogP contribution in [0.15, 0.2) is 30.3 Å². The molecule has 4 nitrogen and oxygen atoms in total. The molecule has 4 rings (SSSR count). The van der Waals surface area contributed by atoms with Gasteiger partial charge in [0.15, 0.2) is 0 Å². The molecule has 0 radical (unpaired) electrons. The molecule has 3 heterocycles. The van der Waals surface area contributed by atoms with Gasteiger partial charge in [-0.1, -0.05) is 30.3 Å². The van der Waals surface area contributed by atoms with E-state index in [9.17, 15) is 0 Å². The predicted octanol–water partition coefficient (Wildman–Crippen LogP) is 2.15. The van der Waals surface area contributed by atoms with Crippen molar-refractivity contribution in [2.24, 2.45) is 0 Å². The number of hydrogen-bond acceptors (Lipinski definition) is 4. The van der Waals surface area contributed by atoms with Crippen LogP contribution in [0.4, 0.5) is 0 Å². The Morgan fingerprint density at radius 3 is 2.56 bits per heavy atom.